The molecule has 0 saturated heterocycles. The Labute approximate surface area is 85.2 Å². The third-order valence-electron chi connectivity index (χ3n) is 1.73. The van der Waals surface area contributed by atoms with Gasteiger partial charge in [-0.3, -0.25) is 4.79 Å². The van der Waals surface area contributed by atoms with Gasteiger partial charge >= 0.3 is 5.97 Å². The molecule has 1 unspecified atom stereocenters. The Morgan fingerprint density at radius 3 is 2.64 bits per heavy atom. The van der Waals surface area contributed by atoms with Crippen LogP contribution < -0.4 is 0 Å². The van der Waals surface area contributed by atoms with Crippen molar-refractivity contribution in [3.8, 4) is 0 Å². The first-order chi connectivity index (χ1) is 6.70. The Bertz CT molecular complexity index is 147. The highest BCUT2D eigenvalue weighted by molar-refractivity contribution is 5.66. The van der Waals surface area contributed by atoms with E-state index in [0.717, 1.165) is 19.3 Å². The molecule has 0 amide bonds. The molecule has 0 aliphatic heterocycles. The highest BCUT2D eigenvalue weighted by Crippen LogP contribution is 1.97. The molecule has 0 radical (unpaired) electrons. The normalized spacial score (nSPS) is 12.5. The van der Waals surface area contributed by atoms with Gasteiger partial charge in [0.15, 0.2) is 0 Å². The van der Waals surface area contributed by atoms with Gasteiger partial charge in [-0.25, -0.2) is 0 Å². The van der Waals surface area contributed by atoms with Gasteiger partial charge in [0.05, 0.1) is 13.2 Å². The summed E-state index contributed by atoms with van der Waals surface area (Å²) >= 11 is 0. The summed E-state index contributed by atoms with van der Waals surface area (Å²) in [6, 6.07) is 0. The molecule has 4 nitrogen and oxygen atoms in total. The molecule has 0 bridgehead atoms. The van der Waals surface area contributed by atoms with Gasteiger partial charge < -0.3 is 14.6 Å². The van der Waals surface area contributed by atoms with E-state index < -0.39 is 6.10 Å². The lowest BCUT2D eigenvalue weighted by Crippen LogP contribution is -2.26. The number of rotatable bonds is 8. The second kappa shape index (κ2) is 8.97. The van der Waals surface area contributed by atoms with Crippen LogP contribution in [0.25, 0.3) is 0 Å². The fourth-order valence-corrected chi connectivity index (χ4v) is 1.03. The van der Waals surface area contributed by atoms with E-state index in [1.165, 1.54) is 6.92 Å². The van der Waals surface area contributed by atoms with E-state index in [2.05, 4.69) is 6.92 Å². The summed E-state index contributed by atoms with van der Waals surface area (Å²) in [6.45, 7) is 4.19. The predicted molar refractivity (Wildman–Crippen MR) is 53.0 cm³/mol. The fourth-order valence-electron chi connectivity index (χ4n) is 1.03. The smallest absolute Gasteiger partial charge is 0.303 e. The molecule has 14 heavy (non-hydrogen) atoms. The van der Waals surface area contributed by atoms with Crippen LogP contribution >= 0.6 is 0 Å². The number of hydrogen-bond acceptors (Lipinski definition) is 4. The van der Waals surface area contributed by atoms with Crippen LogP contribution in [0.4, 0.5) is 0 Å². The molecule has 0 aliphatic carbocycles. The van der Waals surface area contributed by atoms with Crippen molar-refractivity contribution in [2.45, 2.75) is 39.2 Å². The van der Waals surface area contributed by atoms with Crippen LogP contribution in [0.1, 0.15) is 33.1 Å². The standard InChI is InChI=1S/C10H20O4/c1-3-4-5-6-13-8-10(7-11)14-9(2)12/h10-11H,3-8H2,1-2H3. The van der Waals surface area contributed by atoms with Gasteiger partial charge in [-0.15, -0.1) is 0 Å². The second-order valence-electron chi connectivity index (χ2n) is 3.20. The van der Waals surface area contributed by atoms with Crippen molar-refractivity contribution in [1.29, 1.82) is 0 Å². The number of unbranched alkanes of at least 4 members (excludes halogenated alkanes) is 2. The molecule has 1 N–H and O–H groups in total. The first-order valence-corrected chi connectivity index (χ1v) is 5.06. The van der Waals surface area contributed by atoms with Gasteiger partial charge in [-0.1, -0.05) is 19.8 Å². The van der Waals surface area contributed by atoms with Crippen molar-refractivity contribution in [3.05, 3.63) is 0 Å². The Morgan fingerprint density at radius 2 is 2.14 bits per heavy atom. The lowest BCUT2D eigenvalue weighted by Gasteiger charge is -2.14. The average molecular weight is 204 g/mol. The largest absolute Gasteiger partial charge is 0.458 e. The second-order valence-corrected chi connectivity index (χ2v) is 3.20. The molecular weight excluding hydrogens is 184 g/mol. The quantitative estimate of drug-likeness (QED) is 0.475. The van der Waals surface area contributed by atoms with Crippen LogP contribution in [0, 0.1) is 0 Å². The topological polar surface area (TPSA) is 55.8 Å². The molecule has 4 heteroatoms. The van der Waals surface area contributed by atoms with Crippen molar-refractivity contribution in [3.63, 3.8) is 0 Å². The number of aliphatic hydroxyl groups is 1. The molecule has 0 heterocycles. The van der Waals surface area contributed by atoms with Crippen molar-refractivity contribution in [2.75, 3.05) is 19.8 Å². The Hall–Kier alpha value is -0.610. The number of aliphatic hydroxyl groups excluding tert-OH is 1. The van der Waals surface area contributed by atoms with E-state index in [4.69, 9.17) is 14.6 Å². The van der Waals surface area contributed by atoms with Crippen molar-refractivity contribution in [2.24, 2.45) is 0 Å². The number of esters is 1. The molecular formula is C10H20O4. The summed E-state index contributed by atoms with van der Waals surface area (Å²) in [5.41, 5.74) is 0. The minimum Gasteiger partial charge on any atom is -0.458 e. The Balaban J connectivity index is 3.38. The fraction of sp³-hybridized carbons (Fsp3) is 0.900. The Kier molecular flexibility index (Phi) is 8.57. The molecule has 0 spiro atoms. The van der Waals surface area contributed by atoms with E-state index in [1.807, 2.05) is 0 Å². The molecule has 0 fully saturated rings. The van der Waals surface area contributed by atoms with E-state index in [-0.39, 0.29) is 19.2 Å². The molecule has 0 aromatic heterocycles. The molecule has 1 atom stereocenters. The van der Waals surface area contributed by atoms with Crippen molar-refractivity contribution < 1.29 is 19.4 Å². The van der Waals surface area contributed by atoms with Gasteiger partial charge in [-0.05, 0) is 6.42 Å². The maximum atomic E-state index is 10.6. The predicted octanol–water partition coefficient (Wildman–Crippen LogP) is 1.12. The van der Waals surface area contributed by atoms with Crippen LogP contribution in [-0.4, -0.2) is 37.0 Å². The van der Waals surface area contributed by atoms with Crippen LogP contribution in [0.3, 0.4) is 0 Å². The lowest BCUT2D eigenvalue weighted by molar-refractivity contribution is -0.151. The van der Waals surface area contributed by atoms with Gasteiger partial charge in [-0.2, -0.15) is 0 Å². The molecule has 0 saturated carbocycles. The SMILES string of the molecule is CCCCCOCC(CO)OC(C)=O. The first-order valence-electron chi connectivity index (χ1n) is 5.06. The highest BCUT2D eigenvalue weighted by Gasteiger charge is 2.09. The van der Waals surface area contributed by atoms with E-state index in [1.54, 1.807) is 0 Å². The van der Waals surface area contributed by atoms with E-state index >= 15 is 0 Å². The number of ether oxygens (including phenoxy) is 2. The monoisotopic (exact) mass is 204 g/mol. The number of hydrogen-bond donors (Lipinski definition) is 1. The third-order valence-corrected chi connectivity index (χ3v) is 1.73. The maximum absolute atomic E-state index is 10.6. The molecule has 0 aliphatic rings. The summed E-state index contributed by atoms with van der Waals surface area (Å²) in [6.07, 6.45) is 2.78. The zero-order valence-electron chi connectivity index (χ0n) is 8.99. The number of carbonyl (C=O) groups is 1. The summed E-state index contributed by atoms with van der Waals surface area (Å²) < 4.78 is 10.0. The molecule has 84 valence electrons. The van der Waals surface area contributed by atoms with E-state index in [0.29, 0.717) is 6.61 Å². The summed E-state index contributed by atoms with van der Waals surface area (Å²) in [5, 5.41) is 8.82. The summed E-state index contributed by atoms with van der Waals surface area (Å²) in [7, 11) is 0. The van der Waals surface area contributed by atoms with Gasteiger partial charge in [0.25, 0.3) is 0 Å². The van der Waals surface area contributed by atoms with Crippen LogP contribution in [-0.2, 0) is 14.3 Å². The summed E-state index contributed by atoms with van der Waals surface area (Å²) in [5.74, 6) is -0.388. The van der Waals surface area contributed by atoms with Gasteiger partial charge in [0.2, 0.25) is 0 Å². The van der Waals surface area contributed by atoms with E-state index in [9.17, 15) is 4.79 Å². The number of carbonyl (C=O) groups excluding carboxylic acids is 1. The van der Waals surface area contributed by atoms with Crippen LogP contribution in [0.5, 0.6) is 0 Å². The van der Waals surface area contributed by atoms with Crippen LogP contribution in [0.15, 0.2) is 0 Å². The minimum absolute atomic E-state index is 0.187. The van der Waals surface area contributed by atoms with Gasteiger partial charge in [0, 0.05) is 13.5 Å². The zero-order chi connectivity index (χ0) is 10.8. The highest BCUT2D eigenvalue weighted by atomic mass is 16.6. The Morgan fingerprint density at radius 1 is 1.43 bits per heavy atom. The average Bonchev–Trinajstić information content (AvgIpc) is 2.15. The molecule has 0 aromatic carbocycles. The molecule has 0 rings (SSSR count). The van der Waals surface area contributed by atoms with Crippen molar-refractivity contribution in [1.82, 2.24) is 0 Å². The van der Waals surface area contributed by atoms with Crippen molar-refractivity contribution >= 4 is 5.97 Å². The summed E-state index contributed by atoms with van der Waals surface area (Å²) in [4.78, 5) is 10.6. The first kappa shape index (κ1) is 13.4. The van der Waals surface area contributed by atoms with Gasteiger partial charge in [0.1, 0.15) is 6.10 Å². The molecule has 0 aromatic rings. The van der Waals surface area contributed by atoms with Crippen LogP contribution in [0.2, 0.25) is 0 Å². The third kappa shape index (κ3) is 8.01. The lowest BCUT2D eigenvalue weighted by atomic mass is 10.3. The minimum atomic E-state index is -0.519. The maximum Gasteiger partial charge on any atom is 0.303 e. The zero-order valence-corrected chi connectivity index (χ0v) is 8.99.